The third-order valence-electron chi connectivity index (χ3n) is 3.62. The molecule has 8 heteroatoms. The number of amides is 1. The van der Waals surface area contributed by atoms with E-state index in [4.69, 9.17) is 14.2 Å². The monoisotopic (exact) mass is 367 g/mol. The van der Waals surface area contributed by atoms with Crippen molar-refractivity contribution >= 4 is 12.1 Å². The maximum atomic E-state index is 11.5. The Labute approximate surface area is 172 Å². The molecule has 0 aromatic heterocycles. The Kier molecular flexibility index (Phi) is 12.7. The summed E-state index contributed by atoms with van der Waals surface area (Å²) in [5.74, 6) is -1.03. The van der Waals surface area contributed by atoms with E-state index >= 15 is 0 Å². The molecule has 0 heterocycles. The second-order valence-electron chi connectivity index (χ2n) is 7.04. The molecule has 0 bridgehead atoms. The van der Waals surface area contributed by atoms with Crippen LogP contribution in [0.4, 0.5) is 4.79 Å². The number of alkyl carbamates (subject to hydrolysis) is 1. The summed E-state index contributed by atoms with van der Waals surface area (Å²) >= 11 is 0. The molecule has 140 valence electrons. The fraction of sp³-hybridized carbons (Fsp3) is 0.882. The zero-order chi connectivity index (χ0) is 18.0. The molecule has 0 unspecified atom stereocenters. The van der Waals surface area contributed by atoms with Gasteiger partial charge in [-0.15, -0.1) is 0 Å². The number of rotatable bonds is 9. The number of hydrogen-bond acceptors (Lipinski definition) is 6. The second-order valence-corrected chi connectivity index (χ2v) is 7.04. The Balaban J connectivity index is 0.00000576. The molecule has 1 amide bonds. The van der Waals surface area contributed by atoms with Crippen molar-refractivity contribution < 1.29 is 58.5 Å². The number of aliphatic carboxylic acids is 1. The maximum absolute atomic E-state index is 11.5. The molecule has 0 radical (unpaired) electrons. The molecule has 0 aromatic carbocycles. The van der Waals surface area contributed by atoms with Crippen LogP contribution in [-0.4, -0.2) is 49.6 Å². The molecular formula is C17H30NNaO6. The van der Waals surface area contributed by atoms with Gasteiger partial charge in [-0.1, -0.05) is 0 Å². The first-order valence-electron chi connectivity index (χ1n) is 8.66. The average molecular weight is 367 g/mol. The molecule has 1 rings (SSSR count). The van der Waals surface area contributed by atoms with Crippen molar-refractivity contribution in [1.82, 2.24) is 5.32 Å². The molecule has 1 fully saturated rings. The van der Waals surface area contributed by atoms with Crippen LogP contribution in [0.3, 0.4) is 0 Å². The first kappa shape index (κ1) is 24.7. The Morgan fingerprint density at radius 3 is 2.04 bits per heavy atom. The van der Waals surface area contributed by atoms with Crippen molar-refractivity contribution in [3.8, 4) is 0 Å². The number of carboxylic acids is 1. The van der Waals surface area contributed by atoms with Gasteiger partial charge in [-0.2, -0.15) is 0 Å². The van der Waals surface area contributed by atoms with E-state index in [1.807, 2.05) is 20.8 Å². The van der Waals surface area contributed by atoms with Crippen molar-refractivity contribution in [2.24, 2.45) is 0 Å². The minimum absolute atomic E-state index is 0. The van der Waals surface area contributed by atoms with Crippen LogP contribution in [0.25, 0.3) is 0 Å². The van der Waals surface area contributed by atoms with Crippen molar-refractivity contribution in [3.63, 3.8) is 0 Å². The minimum atomic E-state index is -1.03. The molecule has 25 heavy (non-hydrogen) atoms. The van der Waals surface area contributed by atoms with E-state index in [9.17, 15) is 14.7 Å². The zero-order valence-electron chi connectivity index (χ0n) is 16.0. The van der Waals surface area contributed by atoms with Crippen LogP contribution in [0.5, 0.6) is 0 Å². The minimum Gasteiger partial charge on any atom is -0.550 e. The van der Waals surface area contributed by atoms with E-state index in [0.29, 0.717) is 26.2 Å². The van der Waals surface area contributed by atoms with Gasteiger partial charge >= 0.3 is 35.7 Å². The van der Waals surface area contributed by atoms with Gasteiger partial charge in [-0.25, -0.2) is 4.79 Å². The van der Waals surface area contributed by atoms with Crippen molar-refractivity contribution in [1.29, 1.82) is 0 Å². The van der Waals surface area contributed by atoms with Gasteiger partial charge in [-0.3, -0.25) is 0 Å². The first-order valence-corrected chi connectivity index (χ1v) is 8.66. The summed E-state index contributed by atoms with van der Waals surface area (Å²) in [6.07, 6.45) is 4.14. The quantitative estimate of drug-likeness (QED) is 0.389. The van der Waals surface area contributed by atoms with Gasteiger partial charge in [-0.05, 0) is 59.3 Å². The van der Waals surface area contributed by atoms with Gasteiger partial charge in [0.1, 0.15) is 5.60 Å². The standard InChI is InChI=1S/C17H31NO6.Na/c1-17(2,3)24-16(21)18-10-12-23-14-8-6-13(7-9-14)22-11-4-5-15(19)20;/h13-14H,4-12H2,1-3H3,(H,18,21)(H,19,20);/q;+1/p-1. The zero-order valence-corrected chi connectivity index (χ0v) is 18.0. The van der Waals surface area contributed by atoms with Crippen LogP contribution < -0.4 is 40.0 Å². The average Bonchev–Trinajstić information content (AvgIpc) is 2.47. The predicted octanol–water partition coefficient (Wildman–Crippen LogP) is -1.61. The van der Waals surface area contributed by atoms with E-state index in [2.05, 4.69) is 5.32 Å². The van der Waals surface area contributed by atoms with E-state index < -0.39 is 17.7 Å². The van der Waals surface area contributed by atoms with Gasteiger partial charge in [0.25, 0.3) is 0 Å². The van der Waals surface area contributed by atoms with Crippen LogP contribution in [0.2, 0.25) is 0 Å². The number of carbonyl (C=O) groups is 2. The summed E-state index contributed by atoms with van der Waals surface area (Å²) in [4.78, 5) is 21.8. The Hall–Kier alpha value is -0.340. The molecule has 0 spiro atoms. The number of carbonyl (C=O) groups excluding carboxylic acids is 2. The molecule has 1 aliphatic carbocycles. The first-order chi connectivity index (χ1) is 11.3. The molecule has 0 atom stereocenters. The summed E-state index contributed by atoms with van der Waals surface area (Å²) in [5.41, 5.74) is -0.496. The van der Waals surface area contributed by atoms with Crippen LogP contribution in [0, 0.1) is 0 Å². The summed E-state index contributed by atoms with van der Waals surface area (Å²) in [5, 5.41) is 13.0. The van der Waals surface area contributed by atoms with Crippen LogP contribution in [0.15, 0.2) is 0 Å². The molecule has 0 aliphatic heterocycles. The van der Waals surface area contributed by atoms with Crippen molar-refractivity contribution in [2.75, 3.05) is 19.8 Å². The molecule has 1 aliphatic rings. The fourth-order valence-corrected chi connectivity index (χ4v) is 2.52. The third-order valence-corrected chi connectivity index (χ3v) is 3.62. The molecule has 1 N–H and O–H groups in total. The van der Waals surface area contributed by atoms with Crippen LogP contribution in [-0.2, 0) is 19.0 Å². The fourth-order valence-electron chi connectivity index (χ4n) is 2.52. The maximum Gasteiger partial charge on any atom is 1.00 e. The van der Waals surface area contributed by atoms with Crippen molar-refractivity contribution in [3.05, 3.63) is 0 Å². The third kappa shape index (κ3) is 13.5. The predicted molar refractivity (Wildman–Crippen MR) is 86.4 cm³/mol. The Morgan fingerprint density at radius 2 is 1.56 bits per heavy atom. The topological polar surface area (TPSA) is 96.9 Å². The number of nitrogens with one attached hydrogen (secondary N) is 1. The Bertz CT molecular complexity index is 391. The normalized spacial score (nSPS) is 20.4. The van der Waals surface area contributed by atoms with E-state index in [1.54, 1.807) is 0 Å². The van der Waals surface area contributed by atoms with Gasteiger partial charge in [0.15, 0.2) is 0 Å². The Morgan fingerprint density at radius 1 is 1.04 bits per heavy atom. The van der Waals surface area contributed by atoms with Gasteiger partial charge < -0.3 is 29.4 Å². The largest absolute Gasteiger partial charge is 1.00 e. The summed E-state index contributed by atoms with van der Waals surface area (Å²) in [6.45, 7) is 6.81. The summed E-state index contributed by atoms with van der Waals surface area (Å²) in [7, 11) is 0. The van der Waals surface area contributed by atoms with Crippen LogP contribution in [0.1, 0.15) is 59.3 Å². The van der Waals surface area contributed by atoms with Gasteiger partial charge in [0, 0.05) is 19.1 Å². The van der Waals surface area contributed by atoms with Gasteiger partial charge in [0.2, 0.25) is 0 Å². The van der Waals surface area contributed by atoms with E-state index in [0.717, 1.165) is 25.7 Å². The van der Waals surface area contributed by atoms with E-state index in [1.165, 1.54) is 0 Å². The molecular weight excluding hydrogens is 337 g/mol. The molecule has 1 saturated carbocycles. The van der Waals surface area contributed by atoms with Crippen LogP contribution >= 0.6 is 0 Å². The van der Waals surface area contributed by atoms with Gasteiger partial charge in [0.05, 0.1) is 18.8 Å². The number of ether oxygens (including phenoxy) is 3. The molecule has 0 aromatic rings. The smallest absolute Gasteiger partial charge is 0.550 e. The van der Waals surface area contributed by atoms with E-state index in [-0.39, 0.29) is 48.2 Å². The number of hydrogen-bond donors (Lipinski definition) is 1. The summed E-state index contributed by atoms with van der Waals surface area (Å²) in [6, 6.07) is 0. The second kappa shape index (κ2) is 12.9. The molecule has 0 saturated heterocycles. The summed E-state index contributed by atoms with van der Waals surface area (Å²) < 4.78 is 16.6. The molecule has 7 nitrogen and oxygen atoms in total. The number of carboxylic acid groups (broad SMARTS) is 1. The van der Waals surface area contributed by atoms with Crippen molar-refractivity contribution in [2.45, 2.75) is 77.1 Å². The SMILES string of the molecule is CC(C)(C)OC(=O)NCCOC1CCC(OCCCC(=O)[O-])CC1.[Na+].